The van der Waals surface area contributed by atoms with E-state index in [1.54, 1.807) is 12.5 Å². The second-order valence-corrected chi connectivity index (χ2v) is 7.76. The number of carbonyl (C=O) groups excluding carboxylic acids is 1. The largest absolute Gasteiger partial charge is 0.379 e. The van der Waals surface area contributed by atoms with Gasteiger partial charge in [-0.15, -0.1) is 0 Å². The van der Waals surface area contributed by atoms with Gasteiger partial charge >= 0.3 is 0 Å². The van der Waals surface area contributed by atoms with Crippen molar-refractivity contribution in [3.05, 3.63) is 65.7 Å². The smallest absolute Gasteiger partial charge is 0.251 e. The molecule has 3 aromatic rings. The highest BCUT2D eigenvalue weighted by molar-refractivity contribution is 5.98. The van der Waals surface area contributed by atoms with Gasteiger partial charge in [0, 0.05) is 11.6 Å². The van der Waals surface area contributed by atoms with E-state index in [1.165, 1.54) is 6.42 Å². The number of nitrogens with zero attached hydrogens (tertiary/aromatic N) is 1. The first kappa shape index (κ1) is 17.7. The molecule has 1 aromatic heterocycles. The minimum Gasteiger partial charge on any atom is -0.379 e. The minimum absolute atomic E-state index is 0.0122. The lowest BCUT2D eigenvalue weighted by atomic mass is 9.80. The predicted molar refractivity (Wildman–Crippen MR) is 105 cm³/mol. The highest BCUT2D eigenvalue weighted by Crippen LogP contribution is 2.36. The lowest BCUT2D eigenvalue weighted by Crippen LogP contribution is -2.39. The summed E-state index contributed by atoms with van der Waals surface area (Å²) < 4.78 is 0. The Bertz CT molecular complexity index is 961. The fourth-order valence-corrected chi connectivity index (χ4v) is 3.71. The number of fused-ring (bicyclic) bond motifs is 1. The predicted octanol–water partition coefficient (Wildman–Crippen LogP) is 3.74. The molecule has 4 rings (SSSR count). The molecular formula is C22H25N3O2. The number of aromatic nitrogens is 2. The number of hydrogen-bond acceptors (Lipinski definition) is 3. The van der Waals surface area contributed by atoms with Crippen LogP contribution in [0.3, 0.4) is 0 Å². The summed E-state index contributed by atoms with van der Waals surface area (Å²) in [5, 5.41) is 16.5. The van der Waals surface area contributed by atoms with Gasteiger partial charge < -0.3 is 15.4 Å². The van der Waals surface area contributed by atoms with E-state index in [0.29, 0.717) is 17.3 Å². The number of hydrogen-bond donors (Lipinski definition) is 3. The van der Waals surface area contributed by atoms with E-state index in [9.17, 15) is 9.90 Å². The third kappa shape index (κ3) is 3.12. The summed E-state index contributed by atoms with van der Waals surface area (Å²) in [5.74, 6) is -0.0512. The minimum atomic E-state index is -1.15. The van der Waals surface area contributed by atoms with Crippen molar-refractivity contribution < 1.29 is 9.90 Å². The fraction of sp³-hybridized carbons (Fsp3) is 0.364. The summed E-state index contributed by atoms with van der Waals surface area (Å²) in [6, 6.07) is 11.9. The van der Waals surface area contributed by atoms with Crippen molar-refractivity contribution in [3.8, 4) is 0 Å². The van der Waals surface area contributed by atoms with Crippen molar-refractivity contribution in [2.24, 2.45) is 5.92 Å². The molecule has 1 aliphatic rings. The maximum atomic E-state index is 12.4. The van der Waals surface area contributed by atoms with Gasteiger partial charge in [-0.05, 0) is 59.7 Å². The summed E-state index contributed by atoms with van der Waals surface area (Å²) >= 11 is 0. The normalized spacial score (nSPS) is 16.9. The second-order valence-electron chi connectivity index (χ2n) is 7.76. The van der Waals surface area contributed by atoms with E-state index in [1.807, 2.05) is 50.2 Å². The first-order valence-corrected chi connectivity index (χ1v) is 9.55. The number of rotatable bonds is 5. The Kier molecular flexibility index (Phi) is 4.48. The van der Waals surface area contributed by atoms with Crippen LogP contribution < -0.4 is 5.32 Å². The molecule has 27 heavy (non-hydrogen) atoms. The van der Waals surface area contributed by atoms with Gasteiger partial charge in [0.25, 0.3) is 5.91 Å². The van der Waals surface area contributed by atoms with Crippen molar-refractivity contribution in [2.75, 3.05) is 0 Å². The summed E-state index contributed by atoms with van der Waals surface area (Å²) in [6.45, 7) is 3.97. The van der Waals surface area contributed by atoms with Crippen molar-refractivity contribution in [1.29, 1.82) is 0 Å². The quantitative estimate of drug-likeness (QED) is 0.646. The second kappa shape index (κ2) is 6.82. The molecule has 1 aliphatic carbocycles. The Labute approximate surface area is 158 Å². The SMILES string of the molecule is CC(C)C(O)(c1ccc2cc(C(=O)NC3CCC3)ccc2c1)c1cnc[nH]1. The number of H-pyrrole nitrogens is 1. The highest BCUT2D eigenvalue weighted by Gasteiger charge is 2.36. The zero-order valence-corrected chi connectivity index (χ0v) is 15.7. The average molecular weight is 363 g/mol. The standard InChI is InChI=1S/C22H25N3O2/c1-14(2)22(27,20-12-23-13-24-20)18-9-8-15-10-17(7-6-16(15)11-18)21(26)25-19-4-3-5-19/h6-14,19,27H,3-5H2,1-2H3,(H,23,24)(H,25,26). The van der Waals surface area contributed by atoms with E-state index in [-0.39, 0.29) is 11.8 Å². The molecule has 1 heterocycles. The molecule has 0 bridgehead atoms. The van der Waals surface area contributed by atoms with E-state index in [2.05, 4.69) is 15.3 Å². The van der Waals surface area contributed by atoms with Crippen LogP contribution in [0.1, 0.15) is 54.7 Å². The summed E-state index contributed by atoms with van der Waals surface area (Å²) in [5.41, 5.74) is 1.01. The molecule has 1 unspecified atom stereocenters. The molecule has 3 N–H and O–H groups in total. The third-order valence-corrected chi connectivity index (χ3v) is 5.73. The Morgan fingerprint density at radius 2 is 1.96 bits per heavy atom. The molecule has 1 fully saturated rings. The van der Waals surface area contributed by atoms with E-state index in [0.717, 1.165) is 29.2 Å². The van der Waals surface area contributed by atoms with Gasteiger partial charge in [0.15, 0.2) is 0 Å². The van der Waals surface area contributed by atoms with Crippen LogP contribution in [-0.4, -0.2) is 27.0 Å². The Morgan fingerprint density at radius 1 is 1.22 bits per heavy atom. The van der Waals surface area contributed by atoms with Crippen LogP contribution >= 0.6 is 0 Å². The monoisotopic (exact) mass is 363 g/mol. The lowest BCUT2D eigenvalue weighted by molar-refractivity contribution is 0.0280. The van der Waals surface area contributed by atoms with Crippen LogP contribution in [-0.2, 0) is 5.60 Å². The van der Waals surface area contributed by atoms with Gasteiger partial charge in [-0.25, -0.2) is 4.98 Å². The van der Waals surface area contributed by atoms with Crippen LogP contribution in [0, 0.1) is 5.92 Å². The van der Waals surface area contributed by atoms with Gasteiger partial charge in [-0.1, -0.05) is 32.0 Å². The molecule has 0 radical (unpaired) electrons. The van der Waals surface area contributed by atoms with Crippen molar-refractivity contribution in [3.63, 3.8) is 0 Å². The molecule has 1 amide bonds. The van der Waals surface area contributed by atoms with Crippen molar-refractivity contribution in [2.45, 2.75) is 44.8 Å². The molecule has 0 saturated heterocycles. The molecule has 1 atom stereocenters. The van der Waals surface area contributed by atoms with Gasteiger partial charge in [0.2, 0.25) is 0 Å². The third-order valence-electron chi connectivity index (χ3n) is 5.73. The first-order valence-electron chi connectivity index (χ1n) is 9.55. The summed E-state index contributed by atoms with van der Waals surface area (Å²) in [7, 11) is 0. The van der Waals surface area contributed by atoms with Gasteiger partial charge in [-0.3, -0.25) is 4.79 Å². The maximum absolute atomic E-state index is 12.4. The average Bonchev–Trinajstić information content (AvgIpc) is 3.18. The topological polar surface area (TPSA) is 78.0 Å². The number of nitrogens with one attached hydrogen (secondary N) is 2. The number of aliphatic hydroxyl groups is 1. The van der Waals surface area contributed by atoms with Gasteiger partial charge in [0.1, 0.15) is 5.60 Å². The Balaban J connectivity index is 1.68. The fourth-order valence-electron chi connectivity index (χ4n) is 3.71. The van der Waals surface area contributed by atoms with Crippen LogP contribution in [0.4, 0.5) is 0 Å². The zero-order chi connectivity index (χ0) is 19.0. The van der Waals surface area contributed by atoms with E-state index >= 15 is 0 Å². The number of aromatic amines is 1. The number of carbonyl (C=O) groups is 1. The number of imidazole rings is 1. The van der Waals surface area contributed by atoms with Crippen LogP contribution in [0.25, 0.3) is 10.8 Å². The van der Waals surface area contributed by atoms with Crippen molar-refractivity contribution in [1.82, 2.24) is 15.3 Å². The molecule has 0 aliphatic heterocycles. The molecular weight excluding hydrogens is 338 g/mol. The molecule has 140 valence electrons. The van der Waals surface area contributed by atoms with Crippen molar-refractivity contribution >= 4 is 16.7 Å². The maximum Gasteiger partial charge on any atom is 0.251 e. The zero-order valence-electron chi connectivity index (χ0n) is 15.7. The highest BCUT2D eigenvalue weighted by atomic mass is 16.3. The molecule has 5 heteroatoms. The molecule has 1 saturated carbocycles. The van der Waals surface area contributed by atoms with E-state index < -0.39 is 5.60 Å². The number of benzene rings is 2. The van der Waals surface area contributed by atoms with Crippen LogP contribution in [0.2, 0.25) is 0 Å². The van der Waals surface area contributed by atoms with E-state index in [4.69, 9.17) is 0 Å². The Hall–Kier alpha value is -2.66. The van der Waals surface area contributed by atoms with Gasteiger partial charge in [0.05, 0.1) is 18.2 Å². The molecule has 2 aromatic carbocycles. The lowest BCUT2D eigenvalue weighted by Gasteiger charge is -2.32. The summed E-state index contributed by atoms with van der Waals surface area (Å²) in [6.07, 6.45) is 6.59. The van der Waals surface area contributed by atoms with Crippen LogP contribution in [0.5, 0.6) is 0 Å². The van der Waals surface area contributed by atoms with Gasteiger partial charge in [-0.2, -0.15) is 0 Å². The number of amides is 1. The first-order chi connectivity index (χ1) is 13.0. The summed E-state index contributed by atoms with van der Waals surface area (Å²) in [4.78, 5) is 19.5. The molecule has 0 spiro atoms. The Morgan fingerprint density at radius 3 is 2.59 bits per heavy atom. The molecule has 5 nitrogen and oxygen atoms in total. The van der Waals surface area contributed by atoms with Crippen LogP contribution in [0.15, 0.2) is 48.9 Å².